The molecule has 0 amide bonds. The summed E-state index contributed by atoms with van der Waals surface area (Å²) in [6, 6.07) is 2.13. The van der Waals surface area contributed by atoms with Crippen LogP contribution in [0.4, 0.5) is 0 Å². The van der Waals surface area contributed by atoms with Crippen molar-refractivity contribution in [3.8, 4) is 0 Å². The summed E-state index contributed by atoms with van der Waals surface area (Å²) in [6.07, 6.45) is 1.78. The van der Waals surface area contributed by atoms with Gasteiger partial charge in [0.05, 0.1) is 11.7 Å². The predicted molar refractivity (Wildman–Crippen MR) is 43.6 cm³/mol. The van der Waals surface area contributed by atoms with Crippen LogP contribution < -0.4 is 11.3 Å². The first-order chi connectivity index (χ1) is 5.29. The van der Waals surface area contributed by atoms with Crippen LogP contribution in [-0.2, 0) is 6.54 Å². The lowest BCUT2D eigenvalue weighted by atomic mass is 10.2. The fraction of sp³-hybridized carbons (Fsp3) is 0.571. The van der Waals surface area contributed by atoms with Crippen molar-refractivity contribution < 1.29 is 0 Å². The molecular weight excluding hydrogens is 140 g/mol. The number of aryl methyl sites for hydroxylation is 1. The van der Waals surface area contributed by atoms with E-state index in [4.69, 9.17) is 5.84 Å². The number of nitrogens with one attached hydrogen (secondary N) is 1. The molecule has 0 aromatic carbocycles. The predicted octanol–water partition coefficient (Wildman–Crippen LogP) is 0.427. The molecule has 62 valence electrons. The Bertz CT molecular complexity index is 218. The van der Waals surface area contributed by atoms with Crippen LogP contribution in [0, 0.1) is 0 Å². The average Bonchev–Trinajstić information content (AvgIpc) is 2.50. The molecule has 4 heteroatoms. The largest absolute Gasteiger partial charge is 0.271 e. The smallest absolute Gasteiger partial charge is 0.0600 e. The Balaban J connectivity index is 2.83. The Hall–Kier alpha value is -0.870. The van der Waals surface area contributed by atoms with Gasteiger partial charge in [0.15, 0.2) is 0 Å². The summed E-state index contributed by atoms with van der Waals surface area (Å²) in [5.74, 6) is 5.30. The van der Waals surface area contributed by atoms with Gasteiger partial charge in [0.25, 0.3) is 0 Å². The van der Waals surface area contributed by atoms with Crippen molar-refractivity contribution in [3.63, 3.8) is 0 Å². The maximum atomic E-state index is 5.30. The highest BCUT2D eigenvalue weighted by molar-refractivity contribution is 5.05. The summed E-state index contributed by atoms with van der Waals surface area (Å²) in [5.41, 5.74) is 3.80. The number of nitrogens with zero attached hydrogens (tertiary/aromatic N) is 2. The molecule has 0 bridgehead atoms. The third-order valence-electron chi connectivity index (χ3n) is 1.74. The van der Waals surface area contributed by atoms with Crippen LogP contribution in [0.15, 0.2) is 12.3 Å². The maximum absolute atomic E-state index is 5.30. The van der Waals surface area contributed by atoms with Gasteiger partial charge in [-0.15, -0.1) is 0 Å². The van der Waals surface area contributed by atoms with E-state index < -0.39 is 0 Å². The molecule has 0 saturated carbocycles. The Labute approximate surface area is 66.4 Å². The van der Waals surface area contributed by atoms with Gasteiger partial charge in [0.1, 0.15) is 0 Å². The van der Waals surface area contributed by atoms with E-state index in [0.29, 0.717) is 0 Å². The summed E-state index contributed by atoms with van der Waals surface area (Å²) in [5, 5.41) is 4.12. The van der Waals surface area contributed by atoms with E-state index in [-0.39, 0.29) is 6.04 Å². The summed E-state index contributed by atoms with van der Waals surface area (Å²) in [4.78, 5) is 0. The molecule has 1 heterocycles. The maximum Gasteiger partial charge on any atom is 0.0600 e. The second-order valence-corrected chi connectivity index (χ2v) is 2.46. The van der Waals surface area contributed by atoms with Gasteiger partial charge in [-0.3, -0.25) is 16.0 Å². The molecule has 0 aliphatic rings. The van der Waals surface area contributed by atoms with Gasteiger partial charge in [-0.25, -0.2) is 0 Å². The molecule has 1 rings (SSSR count). The number of hydrazine groups is 1. The number of rotatable bonds is 3. The summed E-state index contributed by atoms with van der Waals surface area (Å²) in [6.45, 7) is 4.94. The van der Waals surface area contributed by atoms with Crippen molar-refractivity contribution in [1.82, 2.24) is 15.2 Å². The molecule has 0 radical (unpaired) electrons. The van der Waals surface area contributed by atoms with E-state index in [1.165, 1.54) is 0 Å². The topological polar surface area (TPSA) is 55.9 Å². The molecule has 0 aliphatic heterocycles. The van der Waals surface area contributed by atoms with Crippen molar-refractivity contribution in [2.45, 2.75) is 26.4 Å². The van der Waals surface area contributed by atoms with Crippen LogP contribution in [-0.4, -0.2) is 9.78 Å². The van der Waals surface area contributed by atoms with Gasteiger partial charge in [-0.05, 0) is 19.9 Å². The Morgan fingerprint density at radius 3 is 3.09 bits per heavy atom. The zero-order valence-corrected chi connectivity index (χ0v) is 6.91. The van der Waals surface area contributed by atoms with Crippen LogP contribution in [0.25, 0.3) is 0 Å². The zero-order valence-electron chi connectivity index (χ0n) is 6.91. The van der Waals surface area contributed by atoms with E-state index in [1.54, 1.807) is 6.20 Å². The van der Waals surface area contributed by atoms with Crippen molar-refractivity contribution in [1.29, 1.82) is 0 Å². The number of hydrogen-bond acceptors (Lipinski definition) is 3. The molecule has 1 aromatic heterocycles. The summed E-state index contributed by atoms with van der Waals surface area (Å²) in [7, 11) is 0. The highest BCUT2D eigenvalue weighted by atomic mass is 15.3. The minimum Gasteiger partial charge on any atom is -0.271 e. The summed E-state index contributed by atoms with van der Waals surface area (Å²) >= 11 is 0. The molecule has 0 aliphatic carbocycles. The fourth-order valence-electron chi connectivity index (χ4n) is 1.06. The van der Waals surface area contributed by atoms with E-state index in [0.717, 1.165) is 12.2 Å². The first-order valence-corrected chi connectivity index (χ1v) is 3.77. The SMILES string of the molecule is CCn1nccc1C(C)NN. The Morgan fingerprint density at radius 2 is 2.55 bits per heavy atom. The van der Waals surface area contributed by atoms with Gasteiger partial charge >= 0.3 is 0 Å². The quantitative estimate of drug-likeness (QED) is 0.490. The fourth-order valence-corrected chi connectivity index (χ4v) is 1.06. The van der Waals surface area contributed by atoms with Gasteiger partial charge in [0, 0.05) is 12.7 Å². The van der Waals surface area contributed by atoms with Crippen LogP contribution in [0.2, 0.25) is 0 Å². The number of hydrogen-bond donors (Lipinski definition) is 2. The molecular formula is C7H14N4. The van der Waals surface area contributed by atoms with E-state index in [2.05, 4.69) is 17.4 Å². The first-order valence-electron chi connectivity index (χ1n) is 3.77. The van der Waals surface area contributed by atoms with Crippen molar-refractivity contribution in [2.24, 2.45) is 5.84 Å². The minimum atomic E-state index is 0.164. The standard InChI is InChI=1S/C7H14N4/c1-3-11-7(4-5-9-11)6(2)10-8/h4-6,10H,3,8H2,1-2H3. The highest BCUT2D eigenvalue weighted by Gasteiger charge is 2.06. The molecule has 0 spiro atoms. The first kappa shape index (κ1) is 8.23. The van der Waals surface area contributed by atoms with Gasteiger partial charge in [0.2, 0.25) is 0 Å². The Kier molecular flexibility index (Phi) is 2.62. The van der Waals surface area contributed by atoms with Gasteiger partial charge < -0.3 is 0 Å². The monoisotopic (exact) mass is 154 g/mol. The van der Waals surface area contributed by atoms with Gasteiger partial charge in [-0.2, -0.15) is 5.10 Å². The van der Waals surface area contributed by atoms with Crippen LogP contribution in [0.5, 0.6) is 0 Å². The normalized spacial score (nSPS) is 13.4. The van der Waals surface area contributed by atoms with Crippen LogP contribution in [0.1, 0.15) is 25.6 Å². The molecule has 11 heavy (non-hydrogen) atoms. The molecule has 1 unspecified atom stereocenters. The lowest BCUT2D eigenvalue weighted by Crippen LogP contribution is -2.27. The second-order valence-electron chi connectivity index (χ2n) is 2.46. The second kappa shape index (κ2) is 3.50. The number of nitrogens with two attached hydrogens (primary N) is 1. The zero-order chi connectivity index (χ0) is 8.27. The molecule has 0 fully saturated rings. The molecule has 1 atom stereocenters. The van der Waals surface area contributed by atoms with Crippen molar-refractivity contribution >= 4 is 0 Å². The van der Waals surface area contributed by atoms with Crippen molar-refractivity contribution in [2.75, 3.05) is 0 Å². The van der Waals surface area contributed by atoms with E-state index in [1.807, 2.05) is 17.7 Å². The van der Waals surface area contributed by atoms with E-state index >= 15 is 0 Å². The summed E-state index contributed by atoms with van der Waals surface area (Å²) < 4.78 is 1.92. The molecule has 0 saturated heterocycles. The third kappa shape index (κ3) is 1.58. The molecule has 3 N–H and O–H groups in total. The Morgan fingerprint density at radius 1 is 1.82 bits per heavy atom. The lowest BCUT2D eigenvalue weighted by molar-refractivity contribution is 0.522. The van der Waals surface area contributed by atoms with Crippen LogP contribution in [0.3, 0.4) is 0 Å². The van der Waals surface area contributed by atoms with Crippen LogP contribution >= 0.6 is 0 Å². The lowest BCUT2D eigenvalue weighted by Gasteiger charge is -2.10. The molecule has 1 aromatic rings. The van der Waals surface area contributed by atoms with Crippen molar-refractivity contribution in [3.05, 3.63) is 18.0 Å². The highest BCUT2D eigenvalue weighted by Crippen LogP contribution is 2.09. The average molecular weight is 154 g/mol. The molecule has 4 nitrogen and oxygen atoms in total. The van der Waals surface area contributed by atoms with E-state index in [9.17, 15) is 0 Å². The number of aromatic nitrogens is 2. The minimum absolute atomic E-state index is 0.164. The third-order valence-corrected chi connectivity index (χ3v) is 1.74. The van der Waals surface area contributed by atoms with Gasteiger partial charge in [-0.1, -0.05) is 0 Å².